The SMILES string of the molecule is COc1ccc(CN(Cc2ccc(OC)cc2)Cc2c(C(F)(F)F)ccc([C@H]3CC[C@H](N)CC3)c2-c2nnn(Cc3ccc(C)cc3)n2)cc1. The molecule has 1 heterocycles. The average Bonchev–Trinajstić information content (AvgIpc) is 3.57. The number of ether oxygens (including phenoxy) is 2. The Balaban J connectivity index is 1.46. The Morgan fingerprint density at radius 1 is 0.760 bits per heavy atom. The predicted octanol–water partition coefficient (Wildman–Crippen LogP) is 7.92. The van der Waals surface area contributed by atoms with Gasteiger partial charge in [-0.3, -0.25) is 4.90 Å². The Hall–Kier alpha value is -4.74. The molecule has 8 nitrogen and oxygen atoms in total. The number of halogens is 3. The summed E-state index contributed by atoms with van der Waals surface area (Å²) in [7, 11) is 3.20. The summed E-state index contributed by atoms with van der Waals surface area (Å²) in [6.07, 6.45) is -1.46. The van der Waals surface area contributed by atoms with Crippen molar-refractivity contribution in [3.05, 3.63) is 124 Å². The quantitative estimate of drug-likeness (QED) is 0.143. The van der Waals surface area contributed by atoms with E-state index < -0.39 is 11.7 Å². The van der Waals surface area contributed by atoms with E-state index in [2.05, 4.69) is 10.3 Å². The van der Waals surface area contributed by atoms with E-state index in [-0.39, 0.29) is 29.9 Å². The van der Waals surface area contributed by atoms with E-state index in [1.165, 1.54) is 10.9 Å². The number of methoxy groups -OCH3 is 2. The molecule has 262 valence electrons. The van der Waals surface area contributed by atoms with Crippen molar-refractivity contribution in [3.8, 4) is 22.9 Å². The van der Waals surface area contributed by atoms with Crippen molar-refractivity contribution in [2.75, 3.05) is 14.2 Å². The minimum atomic E-state index is -4.61. The highest BCUT2D eigenvalue weighted by Crippen LogP contribution is 2.44. The number of hydrogen-bond donors (Lipinski definition) is 1. The molecule has 11 heteroatoms. The summed E-state index contributed by atoms with van der Waals surface area (Å²) in [6.45, 7) is 3.13. The highest BCUT2D eigenvalue weighted by Gasteiger charge is 2.38. The van der Waals surface area contributed by atoms with Crippen LogP contribution in [0.1, 0.15) is 70.5 Å². The minimum absolute atomic E-state index is 0.00515. The molecule has 1 aliphatic carbocycles. The lowest BCUT2D eigenvalue weighted by atomic mass is 9.78. The van der Waals surface area contributed by atoms with E-state index in [0.29, 0.717) is 36.7 Å². The van der Waals surface area contributed by atoms with Gasteiger partial charge in [0.2, 0.25) is 5.82 Å². The molecule has 1 fully saturated rings. The zero-order valence-electron chi connectivity index (χ0n) is 28.7. The number of nitrogens with two attached hydrogens (primary N) is 1. The summed E-state index contributed by atoms with van der Waals surface area (Å²) < 4.78 is 55.8. The standard InChI is InChI=1S/C39H43F3N6O2/c1-26-4-6-29(7-5-26)24-48-45-38(44-46-48)37-34(30-12-14-31(43)15-13-30)20-21-36(39(40,41)42)35(37)25-47(22-27-8-16-32(49-2)17-9-27)23-28-10-18-33(50-3)19-11-28/h4-11,16-21,30-31H,12-15,22-25,43H2,1-3H3/t30-,31-. The van der Waals surface area contributed by atoms with Crippen LogP contribution in [0.25, 0.3) is 11.4 Å². The molecule has 0 unspecified atom stereocenters. The number of aryl methyl sites for hydroxylation is 1. The monoisotopic (exact) mass is 684 g/mol. The van der Waals surface area contributed by atoms with E-state index in [1.807, 2.05) is 84.6 Å². The molecular formula is C39H43F3N6O2. The maximum atomic E-state index is 15.0. The molecular weight excluding hydrogens is 641 g/mol. The molecule has 6 rings (SSSR count). The highest BCUT2D eigenvalue weighted by atomic mass is 19.4. The van der Waals surface area contributed by atoms with E-state index in [1.54, 1.807) is 20.3 Å². The fraction of sp³-hybridized carbons (Fsp3) is 0.359. The zero-order chi connectivity index (χ0) is 35.3. The number of hydrogen-bond acceptors (Lipinski definition) is 7. The maximum Gasteiger partial charge on any atom is 0.416 e. The van der Waals surface area contributed by atoms with Crippen LogP contribution in [0.2, 0.25) is 0 Å². The first-order valence-corrected chi connectivity index (χ1v) is 16.9. The molecule has 0 atom stereocenters. The number of alkyl halides is 3. The van der Waals surface area contributed by atoms with Crippen LogP contribution >= 0.6 is 0 Å². The molecule has 0 aliphatic heterocycles. The molecule has 5 aromatic rings. The summed E-state index contributed by atoms with van der Waals surface area (Å²) in [5, 5.41) is 13.5. The van der Waals surface area contributed by atoms with Crippen molar-refractivity contribution < 1.29 is 22.6 Å². The van der Waals surface area contributed by atoms with E-state index in [0.717, 1.165) is 53.5 Å². The van der Waals surface area contributed by atoms with Crippen LogP contribution in [0.3, 0.4) is 0 Å². The number of rotatable bonds is 12. The summed E-state index contributed by atoms with van der Waals surface area (Å²) in [5.41, 5.74) is 10.9. The van der Waals surface area contributed by atoms with E-state index in [9.17, 15) is 0 Å². The van der Waals surface area contributed by atoms with Gasteiger partial charge in [0.1, 0.15) is 11.5 Å². The third-order valence-electron chi connectivity index (χ3n) is 9.50. The largest absolute Gasteiger partial charge is 0.497 e. The summed E-state index contributed by atoms with van der Waals surface area (Å²) in [5.74, 6) is 1.62. The molecule has 1 aliphatic rings. The van der Waals surface area contributed by atoms with Crippen molar-refractivity contribution >= 4 is 0 Å². The Bertz CT molecular complexity index is 1800. The zero-order valence-corrected chi connectivity index (χ0v) is 28.7. The molecule has 0 saturated heterocycles. The smallest absolute Gasteiger partial charge is 0.416 e. The number of nitrogens with zero attached hydrogens (tertiary/aromatic N) is 5. The molecule has 0 spiro atoms. The van der Waals surface area contributed by atoms with E-state index in [4.69, 9.17) is 20.3 Å². The first kappa shape index (κ1) is 35.1. The molecule has 1 aromatic heterocycles. The van der Waals surface area contributed by atoms with Crippen LogP contribution in [0.15, 0.2) is 84.9 Å². The Labute approximate surface area is 291 Å². The second-order valence-electron chi connectivity index (χ2n) is 13.1. The average molecular weight is 685 g/mol. The van der Waals surface area contributed by atoms with Gasteiger partial charge < -0.3 is 15.2 Å². The minimum Gasteiger partial charge on any atom is -0.497 e. The lowest BCUT2D eigenvalue weighted by Gasteiger charge is -2.31. The fourth-order valence-electron chi connectivity index (χ4n) is 6.77. The third-order valence-corrected chi connectivity index (χ3v) is 9.50. The highest BCUT2D eigenvalue weighted by molar-refractivity contribution is 5.68. The van der Waals surface area contributed by atoms with Crippen LogP contribution in [0.4, 0.5) is 13.2 Å². The van der Waals surface area contributed by atoms with Crippen LogP contribution in [0.5, 0.6) is 11.5 Å². The summed E-state index contributed by atoms with van der Waals surface area (Å²) in [4.78, 5) is 3.48. The Kier molecular flexibility index (Phi) is 10.8. The van der Waals surface area contributed by atoms with Gasteiger partial charge in [0.05, 0.1) is 26.3 Å². The van der Waals surface area contributed by atoms with Gasteiger partial charge in [-0.2, -0.15) is 18.0 Å². The Morgan fingerprint density at radius 2 is 1.32 bits per heavy atom. The van der Waals surface area contributed by atoms with Gasteiger partial charge in [-0.25, -0.2) is 0 Å². The molecule has 0 radical (unpaired) electrons. The number of benzene rings is 4. The first-order chi connectivity index (χ1) is 24.1. The summed E-state index contributed by atoms with van der Waals surface area (Å²) >= 11 is 0. The molecule has 0 amide bonds. The third kappa shape index (κ3) is 8.51. The number of aromatic nitrogens is 4. The van der Waals surface area contributed by atoms with Crippen LogP contribution in [-0.2, 0) is 32.4 Å². The van der Waals surface area contributed by atoms with Crippen molar-refractivity contribution in [1.29, 1.82) is 0 Å². The fourth-order valence-corrected chi connectivity index (χ4v) is 6.77. The van der Waals surface area contributed by atoms with Gasteiger partial charge in [0.25, 0.3) is 0 Å². The van der Waals surface area contributed by atoms with Gasteiger partial charge >= 0.3 is 6.18 Å². The predicted molar refractivity (Wildman–Crippen MR) is 187 cm³/mol. The normalized spacial score (nSPS) is 16.5. The van der Waals surface area contributed by atoms with Crippen molar-refractivity contribution in [2.24, 2.45) is 5.73 Å². The molecule has 0 bridgehead atoms. The molecule has 50 heavy (non-hydrogen) atoms. The van der Waals surface area contributed by atoms with Gasteiger partial charge in [0.15, 0.2) is 0 Å². The molecule has 1 saturated carbocycles. The lowest BCUT2D eigenvalue weighted by Crippen LogP contribution is -2.27. The van der Waals surface area contributed by atoms with Crippen LogP contribution < -0.4 is 15.2 Å². The van der Waals surface area contributed by atoms with Gasteiger partial charge in [0, 0.05) is 31.2 Å². The van der Waals surface area contributed by atoms with Crippen LogP contribution in [0, 0.1) is 6.92 Å². The second-order valence-corrected chi connectivity index (χ2v) is 13.1. The molecule has 2 N–H and O–H groups in total. The van der Waals surface area contributed by atoms with Gasteiger partial charge in [-0.15, -0.1) is 10.2 Å². The van der Waals surface area contributed by atoms with E-state index >= 15 is 13.2 Å². The lowest BCUT2D eigenvalue weighted by molar-refractivity contribution is -0.138. The molecule has 4 aromatic carbocycles. The topological polar surface area (TPSA) is 91.3 Å². The second kappa shape index (κ2) is 15.4. The Morgan fingerprint density at radius 3 is 1.86 bits per heavy atom. The summed E-state index contributed by atoms with van der Waals surface area (Å²) in [6, 6.07) is 26.1. The maximum absolute atomic E-state index is 15.0. The van der Waals surface area contributed by atoms with Crippen molar-refractivity contribution in [1.82, 2.24) is 25.1 Å². The first-order valence-electron chi connectivity index (χ1n) is 16.9. The van der Waals surface area contributed by atoms with Crippen molar-refractivity contribution in [2.45, 2.75) is 76.9 Å². The number of tetrazole rings is 1. The van der Waals surface area contributed by atoms with Crippen molar-refractivity contribution in [3.63, 3.8) is 0 Å². The van der Waals surface area contributed by atoms with Gasteiger partial charge in [-0.05, 0) is 102 Å². The van der Waals surface area contributed by atoms with Gasteiger partial charge in [-0.1, -0.05) is 60.2 Å². The van der Waals surface area contributed by atoms with Crippen LogP contribution in [-0.4, -0.2) is 45.4 Å².